The van der Waals surface area contributed by atoms with Crippen molar-refractivity contribution in [2.45, 2.75) is 256 Å². The second-order valence-corrected chi connectivity index (χ2v) is 18.2. The number of ether oxygens (including phenoxy) is 3. The molecule has 0 aromatic carbocycles. The van der Waals surface area contributed by atoms with Gasteiger partial charge in [-0.05, 0) is 89.9 Å². The lowest BCUT2D eigenvalue weighted by Gasteiger charge is -2.40. The predicted octanol–water partition coefficient (Wildman–Crippen LogP) is 11.1. The van der Waals surface area contributed by atoms with Crippen LogP contribution in [0.2, 0.25) is 0 Å². The zero-order chi connectivity index (χ0) is 48.1. The largest absolute Gasteiger partial charge is 0.466 e. The van der Waals surface area contributed by atoms with Crippen molar-refractivity contribution in [3.05, 3.63) is 60.8 Å². The van der Waals surface area contributed by atoms with Crippen LogP contribution in [-0.2, 0) is 23.8 Å². The molecule has 0 spiro atoms. The van der Waals surface area contributed by atoms with Crippen LogP contribution in [0.3, 0.4) is 0 Å². The molecule has 382 valence electrons. The molecule has 1 heterocycles. The van der Waals surface area contributed by atoms with E-state index in [2.05, 4.69) is 55.6 Å². The monoisotopic (exact) mass is 932 g/mol. The number of hydrogen-bond acceptors (Lipinski definition) is 10. The van der Waals surface area contributed by atoms with Crippen LogP contribution in [0.25, 0.3) is 0 Å². The number of carbonyl (C=O) groups is 2. The predicted molar refractivity (Wildman–Crippen MR) is 269 cm³/mol. The third-order valence-electron chi connectivity index (χ3n) is 12.1. The van der Waals surface area contributed by atoms with Gasteiger partial charge in [0.1, 0.15) is 24.4 Å². The van der Waals surface area contributed by atoms with Crippen molar-refractivity contribution < 1.29 is 49.3 Å². The first-order chi connectivity index (χ1) is 32.2. The number of nitrogens with one attached hydrogen (secondary N) is 1. The van der Waals surface area contributed by atoms with Crippen LogP contribution < -0.4 is 5.32 Å². The number of esters is 1. The van der Waals surface area contributed by atoms with Crippen LogP contribution in [0.5, 0.6) is 0 Å². The molecule has 11 nitrogen and oxygen atoms in total. The molecule has 11 heteroatoms. The Bertz CT molecular complexity index is 1280. The molecule has 0 aromatic heterocycles. The van der Waals surface area contributed by atoms with E-state index >= 15 is 0 Å². The maximum atomic E-state index is 13.0. The number of amides is 1. The fraction of sp³-hybridized carbons (Fsp3) is 0.782. The van der Waals surface area contributed by atoms with Crippen molar-refractivity contribution in [2.24, 2.45) is 0 Å². The first kappa shape index (κ1) is 61.4. The summed E-state index contributed by atoms with van der Waals surface area (Å²) < 4.78 is 16.6. The summed E-state index contributed by atoms with van der Waals surface area (Å²) in [5.74, 6) is -0.327. The van der Waals surface area contributed by atoms with E-state index in [4.69, 9.17) is 14.2 Å². The standard InChI is InChI=1S/C55H97NO10/c1-3-5-7-9-11-13-15-18-21-25-29-33-37-41-48(58)47(46-65-55-54(63)53(62)52(61)49(45-57)66-55)56-50(59)42-38-34-30-26-22-19-17-20-24-28-32-36-40-44-64-51(60)43-39-35-31-27-23-16-14-12-10-8-6-4-2/h12,14,19,21-22,25,30,34,37,41,47-49,52-55,57-58,61-63H,3-11,13,15-18,20,23-24,26-29,31-33,35-36,38-40,42-46H2,1-2H3,(H,56,59)/b14-12-,22-19-,25-21+,34-30-,41-37+. The second-order valence-electron chi connectivity index (χ2n) is 18.2. The van der Waals surface area contributed by atoms with Crippen LogP contribution in [0.1, 0.15) is 213 Å². The van der Waals surface area contributed by atoms with E-state index in [1.807, 2.05) is 18.2 Å². The summed E-state index contributed by atoms with van der Waals surface area (Å²) in [5.41, 5.74) is 0. The molecule has 7 unspecified atom stereocenters. The summed E-state index contributed by atoms with van der Waals surface area (Å²) in [7, 11) is 0. The molecule has 1 amide bonds. The molecule has 1 aliphatic rings. The van der Waals surface area contributed by atoms with Crippen LogP contribution >= 0.6 is 0 Å². The average Bonchev–Trinajstić information content (AvgIpc) is 3.31. The molecule has 6 N–H and O–H groups in total. The maximum absolute atomic E-state index is 13.0. The first-order valence-corrected chi connectivity index (χ1v) is 26.6. The maximum Gasteiger partial charge on any atom is 0.305 e. The molecule has 0 aliphatic carbocycles. The van der Waals surface area contributed by atoms with Crippen molar-refractivity contribution in [3.8, 4) is 0 Å². The van der Waals surface area contributed by atoms with E-state index in [-0.39, 0.29) is 24.9 Å². The Kier molecular flexibility index (Phi) is 41.7. The highest BCUT2D eigenvalue weighted by Gasteiger charge is 2.44. The van der Waals surface area contributed by atoms with E-state index in [1.54, 1.807) is 6.08 Å². The summed E-state index contributed by atoms with van der Waals surface area (Å²) in [6.07, 6.45) is 46.0. The van der Waals surface area contributed by atoms with Gasteiger partial charge >= 0.3 is 5.97 Å². The highest BCUT2D eigenvalue weighted by atomic mass is 16.7. The molecule has 0 aromatic rings. The van der Waals surface area contributed by atoms with E-state index in [9.17, 15) is 35.1 Å². The lowest BCUT2D eigenvalue weighted by molar-refractivity contribution is -0.302. The summed E-state index contributed by atoms with van der Waals surface area (Å²) in [4.78, 5) is 25.0. The molecule has 1 aliphatic heterocycles. The lowest BCUT2D eigenvalue weighted by Crippen LogP contribution is -2.60. The van der Waals surface area contributed by atoms with Gasteiger partial charge in [-0.2, -0.15) is 0 Å². The number of allylic oxidation sites excluding steroid dienone is 9. The Balaban J connectivity index is 2.26. The van der Waals surface area contributed by atoms with Gasteiger partial charge in [-0.1, -0.05) is 171 Å². The molecule has 7 atom stereocenters. The zero-order valence-corrected chi connectivity index (χ0v) is 41.6. The van der Waals surface area contributed by atoms with Gasteiger partial charge in [0.2, 0.25) is 5.91 Å². The molecular formula is C55H97NO10. The quantitative estimate of drug-likeness (QED) is 0.0196. The lowest BCUT2D eigenvalue weighted by atomic mass is 9.99. The van der Waals surface area contributed by atoms with Gasteiger partial charge in [-0.3, -0.25) is 9.59 Å². The van der Waals surface area contributed by atoms with Gasteiger partial charge in [0, 0.05) is 12.8 Å². The summed E-state index contributed by atoms with van der Waals surface area (Å²) in [5, 5.41) is 54.1. The van der Waals surface area contributed by atoms with E-state index in [1.165, 1.54) is 109 Å². The fourth-order valence-electron chi connectivity index (χ4n) is 7.79. The van der Waals surface area contributed by atoms with Gasteiger partial charge < -0.3 is 45.1 Å². The SMILES string of the molecule is CCCCC/C=C\CCCCCCCC(=O)OCCCCCCCC/C=C\C/C=C\CCC(=O)NC(COC1OC(CO)C(O)C(O)C1O)C(O)/C=C/CC/C=C/CCCCCCCCC. The highest BCUT2D eigenvalue weighted by molar-refractivity contribution is 5.76. The molecule has 66 heavy (non-hydrogen) atoms. The molecule has 1 rings (SSSR count). The fourth-order valence-corrected chi connectivity index (χ4v) is 7.79. The third-order valence-corrected chi connectivity index (χ3v) is 12.1. The average molecular weight is 932 g/mol. The Morgan fingerprint density at radius 1 is 0.561 bits per heavy atom. The Hall–Kier alpha value is -2.64. The number of unbranched alkanes of at least 4 members (excludes halogenated alkanes) is 22. The molecule has 1 saturated heterocycles. The number of aliphatic hydroxyl groups excluding tert-OH is 5. The second kappa shape index (κ2) is 44.8. The number of aliphatic hydroxyl groups is 5. The van der Waals surface area contributed by atoms with Crippen LogP contribution in [-0.4, -0.2) is 100 Å². The van der Waals surface area contributed by atoms with Gasteiger partial charge in [-0.15, -0.1) is 0 Å². The smallest absolute Gasteiger partial charge is 0.305 e. The molecule has 0 bridgehead atoms. The Morgan fingerprint density at radius 3 is 1.65 bits per heavy atom. The minimum atomic E-state index is -1.59. The minimum absolute atomic E-state index is 0.0516. The minimum Gasteiger partial charge on any atom is -0.466 e. The van der Waals surface area contributed by atoms with Crippen molar-refractivity contribution in [2.75, 3.05) is 19.8 Å². The van der Waals surface area contributed by atoms with Crippen molar-refractivity contribution in [1.29, 1.82) is 0 Å². The van der Waals surface area contributed by atoms with Crippen molar-refractivity contribution in [3.63, 3.8) is 0 Å². The summed E-state index contributed by atoms with van der Waals surface area (Å²) in [6.45, 7) is 4.18. The Morgan fingerprint density at radius 2 is 1.05 bits per heavy atom. The summed E-state index contributed by atoms with van der Waals surface area (Å²) >= 11 is 0. The molecule has 0 saturated carbocycles. The van der Waals surface area contributed by atoms with E-state index < -0.39 is 49.5 Å². The number of hydrogen-bond donors (Lipinski definition) is 6. The van der Waals surface area contributed by atoms with Gasteiger partial charge in [0.05, 0.1) is 32.0 Å². The van der Waals surface area contributed by atoms with Crippen LogP contribution in [0.4, 0.5) is 0 Å². The van der Waals surface area contributed by atoms with E-state index in [0.29, 0.717) is 19.4 Å². The molecule has 1 fully saturated rings. The van der Waals surface area contributed by atoms with Crippen molar-refractivity contribution in [1.82, 2.24) is 5.32 Å². The zero-order valence-electron chi connectivity index (χ0n) is 41.6. The van der Waals surface area contributed by atoms with Crippen LogP contribution in [0.15, 0.2) is 60.8 Å². The third kappa shape index (κ3) is 34.6. The van der Waals surface area contributed by atoms with Gasteiger partial charge in [0.15, 0.2) is 6.29 Å². The summed E-state index contributed by atoms with van der Waals surface area (Å²) in [6, 6.07) is -0.872. The molecular weight excluding hydrogens is 835 g/mol. The molecule has 0 radical (unpaired) electrons. The topological polar surface area (TPSA) is 175 Å². The first-order valence-electron chi connectivity index (χ1n) is 26.6. The van der Waals surface area contributed by atoms with E-state index in [0.717, 1.165) is 70.6 Å². The van der Waals surface area contributed by atoms with Gasteiger partial charge in [0.25, 0.3) is 0 Å². The highest BCUT2D eigenvalue weighted by Crippen LogP contribution is 2.22. The Labute approximate surface area is 401 Å². The normalized spacial score (nSPS) is 20.1. The van der Waals surface area contributed by atoms with Crippen LogP contribution in [0, 0.1) is 0 Å². The number of carbonyl (C=O) groups excluding carboxylic acids is 2. The van der Waals surface area contributed by atoms with Crippen molar-refractivity contribution >= 4 is 11.9 Å². The number of rotatable bonds is 44. The van der Waals surface area contributed by atoms with Gasteiger partial charge in [-0.25, -0.2) is 0 Å².